The van der Waals surface area contributed by atoms with Crippen molar-refractivity contribution in [2.75, 3.05) is 13.1 Å². The van der Waals surface area contributed by atoms with Crippen LogP contribution in [0.4, 0.5) is 0 Å². The molecule has 0 aliphatic carbocycles. The number of pyridine rings is 1. The van der Waals surface area contributed by atoms with E-state index in [0.717, 1.165) is 0 Å². The van der Waals surface area contributed by atoms with E-state index >= 15 is 0 Å². The highest BCUT2D eigenvalue weighted by atomic mass is 35.5. The molecule has 92 valence electrons. The topological polar surface area (TPSA) is 73.7 Å². The number of carbonyl (C=O) groups excluding carboxylic acids is 1. The van der Waals surface area contributed by atoms with Crippen LogP contribution in [-0.2, 0) is 0 Å². The van der Waals surface area contributed by atoms with Crippen LogP contribution in [0.3, 0.4) is 0 Å². The van der Waals surface area contributed by atoms with E-state index in [1.54, 1.807) is 0 Å². The van der Waals surface area contributed by atoms with E-state index in [1.165, 1.54) is 17.0 Å². The van der Waals surface area contributed by atoms with Crippen LogP contribution < -0.4 is 0 Å². The maximum Gasteiger partial charge on any atom is 0.257 e. The number of aliphatic hydroxyl groups is 2. The second-order valence-electron chi connectivity index (χ2n) is 3.82. The molecule has 1 aliphatic heterocycles. The first-order valence-corrected chi connectivity index (χ1v) is 5.72. The highest BCUT2D eigenvalue weighted by Crippen LogP contribution is 2.20. The molecule has 17 heavy (non-hydrogen) atoms. The van der Waals surface area contributed by atoms with Crippen LogP contribution in [0.5, 0.6) is 0 Å². The molecule has 2 N–H and O–H groups in total. The van der Waals surface area contributed by atoms with Crippen molar-refractivity contribution >= 4 is 29.1 Å². The Morgan fingerprint density at radius 3 is 2.41 bits per heavy atom. The van der Waals surface area contributed by atoms with Crippen molar-refractivity contribution in [1.82, 2.24) is 9.88 Å². The molecular formula is C10H10Cl2N2O3. The molecule has 1 saturated heterocycles. The molecule has 2 atom stereocenters. The van der Waals surface area contributed by atoms with Crippen LogP contribution in [0.1, 0.15) is 10.4 Å². The van der Waals surface area contributed by atoms with E-state index < -0.39 is 12.2 Å². The zero-order valence-corrected chi connectivity index (χ0v) is 10.2. The van der Waals surface area contributed by atoms with Crippen LogP contribution in [0, 0.1) is 0 Å². The molecule has 0 spiro atoms. The summed E-state index contributed by atoms with van der Waals surface area (Å²) in [5.74, 6) is -0.380. The lowest BCUT2D eigenvalue weighted by atomic mass is 10.2. The summed E-state index contributed by atoms with van der Waals surface area (Å²) in [5.41, 5.74) is 0.206. The summed E-state index contributed by atoms with van der Waals surface area (Å²) in [4.78, 5) is 17.1. The summed E-state index contributed by atoms with van der Waals surface area (Å²) in [6.07, 6.45) is -1.84. The summed E-state index contributed by atoms with van der Waals surface area (Å²) < 4.78 is 0. The van der Waals surface area contributed by atoms with Gasteiger partial charge in [0.25, 0.3) is 5.91 Å². The van der Waals surface area contributed by atoms with Crippen molar-refractivity contribution in [2.45, 2.75) is 12.2 Å². The van der Waals surface area contributed by atoms with Gasteiger partial charge < -0.3 is 15.1 Å². The van der Waals surface area contributed by atoms with Crippen molar-refractivity contribution in [2.24, 2.45) is 0 Å². The van der Waals surface area contributed by atoms with Gasteiger partial charge >= 0.3 is 0 Å². The molecule has 5 nitrogen and oxygen atoms in total. The molecule has 1 aromatic heterocycles. The molecule has 7 heteroatoms. The molecule has 2 rings (SSSR count). The standard InChI is InChI=1S/C10H10Cl2N2O3/c11-8-2-1-5(9(12)13-8)10(17)14-3-6(15)7(16)4-14/h1-2,6-7,15-16H,3-4H2/t6-,7+. The van der Waals surface area contributed by atoms with Crippen LogP contribution in [0.25, 0.3) is 0 Å². The third-order valence-electron chi connectivity index (χ3n) is 2.59. The van der Waals surface area contributed by atoms with E-state index in [-0.39, 0.29) is 34.9 Å². The second kappa shape index (κ2) is 4.78. The Hall–Kier alpha value is -0.880. The van der Waals surface area contributed by atoms with E-state index in [0.29, 0.717) is 0 Å². The number of carbonyl (C=O) groups is 1. The summed E-state index contributed by atoms with van der Waals surface area (Å²) in [6, 6.07) is 2.93. The van der Waals surface area contributed by atoms with E-state index in [1.807, 2.05) is 0 Å². The largest absolute Gasteiger partial charge is 0.388 e. The van der Waals surface area contributed by atoms with Gasteiger partial charge in [-0.25, -0.2) is 4.98 Å². The van der Waals surface area contributed by atoms with Crippen molar-refractivity contribution in [3.05, 3.63) is 28.0 Å². The minimum absolute atomic E-state index is 0.0124. The van der Waals surface area contributed by atoms with Crippen molar-refractivity contribution in [3.8, 4) is 0 Å². The quantitative estimate of drug-likeness (QED) is 0.736. The van der Waals surface area contributed by atoms with Crippen LogP contribution >= 0.6 is 23.2 Å². The number of β-amino-alcohol motifs (C(OH)–C–C–N with tert-alkyl or cyclic N) is 2. The maximum atomic E-state index is 12.0. The third kappa shape index (κ3) is 2.52. The van der Waals surface area contributed by atoms with Gasteiger partial charge in [-0.3, -0.25) is 4.79 Å². The normalized spacial score (nSPS) is 24.1. The fourth-order valence-electron chi connectivity index (χ4n) is 1.68. The molecule has 1 aromatic rings. The third-order valence-corrected chi connectivity index (χ3v) is 3.09. The van der Waals surface area contributed by atoms with E-state index in [4.69, 9.17) is 23.2 Å². The van der Waals surface area contributed by atoms with Gasteiger partial charge in [-0.1, -0.05) is 23.2 Å². The second-order valence-corrected chi connectivity index (χ2v) is 4.56. The first-order valence-electron chi connectivity index (χ1n) is 4.96. The number of aromatic nitrogens is 1. The molecule has 1 amide bonds. The number of nitrogens with zero attached hydrogens (tertiary/aromatic N) is 2. The molecule has 1 aliphatic rings. The van der Waals surface area contributed by atoms with E-state index in [2.05, 4.69) is 4.98 Å². The predicted molar refractivity (Wildman–Crippen MR) is 62.2 cm³/mol. The zero-order chi connectivity index (χ0) is 12.6. The molecule has 0 bridgehead atoms. The average molecular weight is 277 g/mol. The number of hydrogen-bond donors (Lipinski definition) is 2. The predicted octanol–water partition coefficient (Wildman–Crippen LogP) is 0.566. The minimum Gasteiger partial charge on any atom is -0.388 e. The van der Waals surface area contributed by atoms with Gasteiger partial charge in [0, 0.05) is 13.1 Å². The van der Waals surface area contributed by atoms with Crippen molar-refractivity contribution in [1.29, 1.82) is 0 Å². The summed E-state index contributed by atoms with van der Waals surface area (Å²) >= 11 is 11.4. The molecule has 1 fully saturated rings. The van der Waals surface area contributed by atoms with Gasteiger partial charge in [0.05, 0.1) is 17.8 Å². The fraction of sp³-hybridized carbons (Fsp3) is 0.400. The average Bonchev–Trinajstić information content (AvgIpc) is 2.58. The minimum atomic E-state index is -0.919. The lowest BCUT2D eigenvalue weighted by Gasteiger charge is -2.15. The Labute approximate surface area is 108 Å². The smallest absolute Gasteiger partial charge is 0.257 e. The number of rotatable bonds is 1. The first-order chi connectivity index (χ1) is 7.99. The lowest BCUT2D eigenvalue weighted by Crippen LogP contribution is -2.30. The van der Waals surface area contributed by atoms with Gasteiger partial charge in [-0.05, 0) is 12.1 Å². The molecule has 0 radical (unpaired) electrons. The number of amides is 1. The Bertz CT molecular complexity index is 445. The highest BCUT2D eigenvalue weighted by Gasteiger charge is 2.33. The van der Waals surface area contributed by atoms with Crippen LogP contribution in [0.15, 0.2) is 12.1 Å². The summed E-state index contributed by atoms with van der Waals surface area (Å²) in [6.45, 7) is 0.165. The van der Waals surface area contributed by atoms with Crippen molar-refractivity contribution < 1.29 is 15.0 Å². The Balaban J connectivity index is 2.20. The monoisotopic (exact) mass is 276 g/mol. The molecule has 0 unspecified atom stereocenters. The Morgan fingerprint density at radius 2 is 1.88 bits per heavy atom. The molecule has 0 aromatic carbocycles. The number of hydrogen-bond acceptors (Lipinski definition) is 4. The SMILES string of the molecule is O=C(c1ccc(Cl)nc1Cl)N1C[C@@H](O)[C@@H](O)C1. The lowest BCUT2D eigenvalue weighted by molar-refractivity contribution is 0.0572. The van der Waals surface area contributed by atoms with E-state index in [9.17, 15) is 15.0 Å². The van der Waals surface area contributed by atoms with Crippen LogP contribution in [-0.4, -0.2) is 51.3 Å². The van der Waals surface area contributed by atoms with Gasteiger partial charge in [-0.15, -0.1) is 0 Å². The first kappa shape index (κ1) is 12.6. The van der Waals surface area contributed by atoms with Gasteiger partial charge in [0.2, 0.25) is 0 Å². The zero-order valence-electron chi connectivity index (χ0n) is 8.68. The number of likely N-dealkylation sites (tertiary alicyclic amines) is 1. The summed E-state index contributed by atoms with van der Waals surface area (Å²) in [5, 5.41) is 18.9. The highest BCUT2D eigenvalue weighted by molar-refractivity contribution is 6.34. The van der Waals surface area contributed by atoms with Gasteiger partial charge in [-0.2, -0.15) is 0 Å². The molecular weight excluding hydrogens is 267 g/mol. The van der Waals surface area contributed by atoms with Crippen molar-refractivity contribution in [3.63, 3.8) is 0 Å². The molecule has 0 saturated carbocycles. The summed E-state index contributed by atoms with van der Waals surface area (Å²) in [7, 11) is 0. The van der Waals surface area contributed by atoms with Crippen LogP contribution in [0.2, 0.25) is 10.3 Å². The fourth-order valence-corrected chi connectivity index (χ4v) is 2.10. The Kier molecular flexibility index (Phi) is 3.53. The number of halogens is 2. The Morgan fingerprint density at radius 1 is 1.29 bits per heavy atom. The van der Waals surface area contributed by atoms with Gasteiger partial charge in [0.15, 0.2) is 0 Å². The molecule has 2 heterocycles. The van der Waals surface area contributed by atoms with Gasteiger partial charge in [0.1, 0.15) is 10.3 Å². The number of aliphatic hydroxyl groups excluding tert-OH is 2. The maximum absolute atomic E-state index is 12.0.